The average molecular weight is 386 g/mol. The highest BCUT2D eigenvalue weighted by atomic mass is 19.1. The van der Waals surface area contributed by atoms with E-state index >= 15 is 0 Å². The van der Waals surface area contributed by atoms with Crippen LogP contribution in [0.2, 0.25) is 0 Å². The van der Waals surface area contributed by atoms with Crippen molar-refractivity contribution in [3.63, 3.8) is 0 Å². The molecule has 28 heavy (non-hydrogen) atoms. The van der Waals surface area contributed by atoms with Crippen molar-refractivity contribution >= 4 is 16.9 Å². The van der Waals surface area contributed by atoms with E-state index in [1.165, 1.54) is 16.7 Å². The summed E-state index contributed by atoms with van der Waals surface area (Å²) in [7, 11) is 0. The Hall–Kier alpha value is -3.26. The number of fused-ring (bicyclic) bond motifs is 1. The zero-order valence-electron chi connectivity index (χ0n) is 14.8. The number of aromatic nitrogens is 1. The smallest absolute Gasteiger partial charge is 0.341 e. The number of hydrogen-bond donors (Lipinski definition) is 3. The van der Waals surface area contributed by atoms with Gasteiger partial charge in [0.25, 0.3) is 0 Å². The SMILES string of the molecule is Cc1c(C2(N)CC2)c(F)cc2c(=O)c(C(=O)O)cn(-c3ccc(O)cc3F)c12. The maximum absolute atomic E-state index is 14.8. The van der Waals surface area contributed by atoms with Crippen molar-refractivity contribution in [2.75, 3.05) is 0 Å². The molecule has 0 amide bonds. The molecule has 0 bridgehead atoms. The van der Waals surface area contributed by atoms with Crippen LogP contribution in [0, 0.1) is 18.6 Å². The van der Waals surface area contributed by atoms with Crippen molar-refractivity contribution in [1.29, 1.82) is 0 Å². The van der Waals surface area contributed by atoms with Gasteiger partial charge in [-0.25, -0.2) is 13.6 Å². The molecular weight excluding hydrogens is 370 g/mol. The third-order valence-electron chi connectivity index (χ3n) is 5.19. The minimum absolute atomic E-state index is 0.0900. The van der Waals surface area contributed by atoms with Crippen LogP contribution in [-0.2, 0) is 5.54 Å². The maximum Gasteiger partial charge on any atom is 0.341 e. The van der Waals surface area contributed by atoms with Crippen molar-refractivity contribution in [2.24, 2.45) is 5.73 Å². The van der Waals surface area contributed by atoms with Crippen LogP contribution in [0.25, 0.3) is 16.6 Å². The number of aromatic carboxylic acids is 1. The van der Waals surface area contributed by atoms with E-state index in [1.54, 1.807) is 6.92 Å². The standard InChI is InChI=1S/C20H16F2N2O4/c1-9-16(20(23)4-5-20)14(22)7-11-17(9)24(8-12(18(11)26)19(27)28)15-3-2-10(25)6-13(15)21/h2-3,6-8,25H,4-5,23H2,1H3,(H,27,28). The van der Waals surface area contributed by atoms with Gasteiger partial charge in [0.1, 0.15) is 17.1 Å². The molecule has 8 heteroatoms. The number of aromatic hydroxyl groups is 1. The lowest BCUT2D eigenvalue weighted by Gasteiger charge is -2.20. The summed E-state index contributed by atoms with van der Waals surface area (Å²) in [4.78, 5) is 24.2. The van der Waals surface area contributed by atoms with Crippen LogP contribution < -0.4 is 11.2 Å². The van der Waals surface area contributed by atoms with Gasteiger partial charge >= 0.3 is 5.97 Å². The van der Waals surface area contributed by atoms with E-state index in [9.17, 15) is 28.6 Å². The Morgan fingerprint density at radius 3 is 2.46 bits per heavy atom. The first-order valence-electron chi connectivity index (χ1n) is 8.54. The van der Waals surface area contributed by atoms with Gasteiger partial charge in [0.15, 0.2) is 5.82 Å². The number of carbonyl (C=O) groups is 1. The number of benzene rings is 2. The second-order valence-corrected chi connectivity index (χ2v) is 7.09. The second kappa shape index (κ2) is 5.87. The van der Waals surface area contributed by atoms with Crippen LogP contribution >= 0.6 is 0 Å². The van der Waals surface area contributed by atoms with Crippen LogP contribution in [0.15, 0.2) is 35.3 Å². The summed E-state index contributed by atoms with van der Waals surface area (Å²) in [6, 6.07) is 4.31. The van der Waals surface area contributed by atoms with Gasteiger partial charge in [0.2, 0.25) is 5.43 Å². The zero-order chi connectivity index (χ0) is 20.4. The summed E-state index contributed by atoms with van der Waals surface area (Å²) in [6.45, 7) is 1.57. The van der Waals surface area contributed by atoms with Gasteiger partial charge in [-0.3, -0.25) is 4.79 Å². The second-order valence-electron chi connectivity index (χ2n) is 7.09. The topological polar surface area (TPSA) is 106 Å². The molecule has 0 aliphatic heterocycles. The number of aryl methyl sites for hydroxylation is 1. The number of nitrogens with zero attached hydrogens (tertiary/aromatic N) is 1. The van der Waals surface area contributed by atoms with Crippen molar-refractivity contribution in [1.82, 2.24) is 4.57 Å². The molecule has 0 radical (unpaired) electrons. The molecule has 0 saturated heterocycles. The average Bonchev–Trinajstić information content (AvgIpc) is 3.34. The van der Waals surface area contributed by atoms with E-state index in [4.69, 9.17) is 5.73 Å². The Kier molecular flexibility index (Phi) is 3.80. The molecule has 1 aromatic heterocycles. The molecule has 0 atom stereocenters. The fourth-order valence-corrected chi connectivity index (χ4v) is 3.68. The summed E-state index contributed by atoms with van der Waals surface area (Å²) >= 11 is 0. The predicted octanol–water partition coefficient (Wildman–Crippen LogP) is 2.93. The molecule has 1 aliphatic rings. The highest BCUT2D eigenvalue weighted by molar-refractivity contribution is 5.94. The van der Waals surface area contributed by atoms with Crippen LogP contribution in [0.4, 0.5) is 8.78 Å². The van der Waals surface area contributed by atoms with Gasteiger partial charge in [-0.15, -0.1) is 0 Å². The van der Waals surface area contributed by atoms with Crippen LogP contribution in [-0.4, -0.2) is 20.7 Å². The Morgan fingerprint density at radius 2 is 1.89 bits per heavy atom. The summed E-state index contributed by atoms with van der Waals surface area (Å²) in [5.74, 6) is -3.35. The summed E-state index contributed by atoms with van der Waals surface area (Å²) in [6.07, 6.45) is 2.15. The number of phenolic OH excluding ortho intramolecular Hbond substituents is 1. The number of carboxylic acid groups (broad SMARTS) is 1. The molecule has 1 saturated carbocycles. The highest BCUT2D eigenvalue weighted by Gasteiger charge is 2.44. The fraction of sp³-hybridized carbons (Fsp3) is 0.200. The quantitative estimate of drug-likeness (QED) is 0.642. The molecule has 3 aromatic rings. The van der Waals surface area contributed by atoms with Crippen LogP contribution in [0.1, 0.15) is 34.3 Å². The lowest BCUT2D eigenvalue weighted by atomic mass is 9.95. The number of phenols is 1. The first kappa shape index (κ1) is 18.1. The minimum atomic E-state index is -1.51. The molecule has 1 heterocycles. The Bertz CT molecular complexity index is 1230. The zero-order valence-corrected chi connectivity index (χ0v) is 14.8. The van der Waals surface area contributed by atoms with Gasteiger partial charge in [-0.1, -0.05) is 0 Å². The largest absolute Gasteiger partial charge is 0.508 e. The lowest BCUT2D eigenvalue weighted by Crippen LogP contribution is -2.25. The predicted molar refractivity (Wildman–Crippen MR) is 97.9 cm³/mol. The van der Waals surface area contributed by atoms with Gasteiger partial charge in [0.05, 0.1) is 16.6 Å². The van der Waals surface area contributed by atoms with Crippen molar-refractivity contribution in [2.45, 2.75) is 25.3 Å². The molecule has 0 spiro atoms. The van der Waals surface area contributed by atoms with E-state index < -0.39 is 34.1 Å². The number of pyridine rings is 1. The van der Waals surface area contributed by atoms with Crippen molar-refractivity contribution < 1.29 is 23.8 Å². The fourth-order valence-electron chi connectivity index (χ4n) is 3.68. The lowest BCUT2D eigenvalue weighted by molar-refractivity contribution is 0.0695. The molecule has 1 aliphatic carbocycles. The first-order chi connectivity index (χ1) is 13.1. The van der Waals surface area contributed by atoms with E-state index in [0.717, 1.165) is 18.3 Å². The normalized spacial score (nSPS) is 15.0. The Labute approximate surface area is 157 Å². The third-order valence-corrected chi connectivity index (χ3v) is 5.19. The van der Waals surface area contributed by atoms with E-state index in [-0.39, 0.29) is 27.9 Å². The summed E-state index contributed by atoms with van der Waals surface area (Å²) in [5, 5.41) is 18.7. The van der Waals surface area contributed by atoms with Gasteiger partial charge in [-0.2, -0.15) is 0 Å². The number of nitrogens with two attached hydrogens (primary N) is 1. The third kappa shape index (κ3) is 2.56. The number of hydrogen-bond acceptors (Lipinski definition) is 4. The van der Waals surface area contributed by atoms with Crippen molar-refractivity contribution in [3.05, 3.63) is 69.0 Å². The van der Waals surface area contributed by atoms with Crippen molar-refractivity contribution in [3.8, 4) is 11.4 Å². The molecule has 144 valence electrons. The molecule has 4 N–H and O–H groups in total. The van der Waals surface area contributed by atoms with E-state index in [1.807, 2.05) is 0 Å². The Morgan fingerprint density at radius 1 is 1.21 bits per heavy atom. The van der Waals surface area contributed by atoms with Gasteiger partial charge in [0, 0.05) is 23.4 Å². The van der Waals surface area contributed by atoms with Crippen LogP contribution in [0.5, 0.6) is 5.75 Å². The highest BCUT2D eigenvalue weighted by Crippen LogP contribution is 2.46. The van der Waals surface area contributed by atoms with Gasteiger partial charge < -0.3 is 20.5 Å². The number of halogens is 2. The van der Waals surface area contributed by atoms with Gasteiger partial charge in [-0.05, 0) is 43.5 Å². The van der Waals surface area contributed by atoms with E-state index in [2.05, 4.69) is 0 Å². The molecule has 6 nitrogen and oxygen atoms in total. The molecule has 4 rings (SSSR count). The maximum atomic E-state index is 14.8. The Balaban J connectivity index is 2.20. The van der Waals surface area contributed by atoms with Crippen LogP contribution in [0.3, 0.4) is 0 Å². The van der Waals surface area contributed by atoms with E-state index in [0.29, 0.717) is 18.4 Å². The monoisotopic (exact) mass is 386 g/mol. The number of rotatable bonds is 3. The molecule has 1 fully saturated rings. The first-order valence-corrected chi connectivity index (χ1v) is 8.54. The number of carboxylic acids is 1. The summed E-state index contributed by atoms with van der Waals surface area (Å²) in [5.41, 5.74) is 4.50. The molecule has 2 aromatic carbocycles. The summed E-state index contributed by atoms with van der Waals surface area (Å²) < 4.78 is 30.6. The molecular formula is C20H16F2N2O4. The minimum Gasteiger partial charge on any atom is -0.508 e. The molecule has 0 unspecified atom stereocenters.